The molecule has 6 nitrogen and oxygen atoms in total. The van der Waals surface area contributed by atoms with Gasteiger partial charge in [0, 0.05) is 10.8 Å². The molecule has 0 atom stereocenters. The third-order valence-electron chi connectivity index (χ3n) is 6.53. The van der Waals surface area contributed by atoms with Gasteiger partial charge in [-0.1, -0.05) is 84.9 Å². The second-order valence-electron chi connectivity index (χ2n) is 9.45. The Labute approximate surface area is 246 Å². The Balaban J connectivity index is 1.29. The summed E-state index contributed by atoms with van der Waals surface area (Å²) in [6.07, 6.45) is 1.75. The molecule has 0 saturated heterocycles. The van der Waals surface area contributed by atoms with E-state index in [1.807, 2.05) is 97.1 Å². The number of benzene rings is 4. The molecule has 0 saturated carbocycles. The molecular weight excluding hydrogens is 544 g/mol. The van der Waals surface area contributed by atoms with Crippen LogP contribution in [0.3, 0.4) is 0 Å². The summed E-state index contributed by atoms with van der Waals surface area (Å²) in [4.78, 5) is 17.2. The molecule has 0 aliphatic rings. The van der Waals surface area contributed by atoms with Gasteiger partial charge in [0.1, 0.15) is 29.9 Å². The molecule has 0 spiro atoms. The Hall–Kier alpha value is -5.45. The maximum absolute atomic E-state index is 12.6. The SMILES string of the molecule is N#C/C(=C\c1ccc(OCc2ccccc2)c(OCc2ccccc2)c1)c1nc(-c2cc3ccccc3oc2=O)cs1. The fraction of sp³-hybridized carbons (Fsp3) is 0.0571. The smallest absolute Gasteiger partial charge is 0.345 e. The molecule has 6 aromatic rings. The van der Waals surface area contributed by atoms with Gasteiger partial charge in [-0.3, -0.25) is 0 Å². The molecule has 2 heterocycles. The molecular formula is C35H24N2O4S. The second-order valence-corrected chi connectivity index (χ2v) is 10.3. The van der Waals surface area contributed by atoms with Gasteiger partial charge in [-0.15, -0.1) is 11.3 Å². The number of hydrogen-bond acceptors (Lipinski definition) is 7. The van der Waals surface area contributed by atoms with Gasteiger partial charge >= 0.3 is 5.63 Å². The molecule has 0 unspecified atom stereocenters. The van der Waals surface area contributed by atoms with Crippen LogP contribution in [-0.4, -0.2) is 4.98 Å². The van der Waals surface area contributed by atoms with Crippen molar-refractivity contribution in [2.24, 2.45) is 0 Å². The standard InChI is InChI=1S/C35H24N2O4S/c36-20-28(34-37-30(23-42-34)29-19-27-13-7-8-14-31(27)41-35(29)38)17-26-15-16-32(39-21-24-9-3-1-4-10-24)33(18-26)40-22-25-11-5-2-6-12-25/h1-19,23H,21-22H2/b28-17+. The highest BCUT2D eigenvalue weighted by molar-refractivity contribution is 7.11. The first-order valence-corrected chi connectivity index (χ1v) is 14.1. The van der Waals surface area contributed by atoms with E-state index in [9.17, 15) is 10.1 Å². The number of aromatic nitrogens is 1. The monoisotopic (exact) mass is 568 g/mol. The fourth-order valence-corrected chi connectivity index (χ4v) is 5.17. The molecule has 4 aromatic carbocycles. The van der Waals surface area contributed by atoms with Gasteiger partial charge in [0.05, 0.1) is 16.8 Å². The van der Waals surface area contributed by atoms with Crippen molar-refractivity contribution in [3.63, 3.8) is 0 Å². The fourth-order valence-electron chi connectivity index (χ4n) is 4.39. The lowest BCUT2D eigenvalue weighted by Crippen LogP contribution is -2.02. The Kier molecular flexibility index (Phi) is 7.89. The average molecular weight is 569 g/mol. The number of hydrogen-bond donors (Lipinski definition) is 0. The first kappa shape index (κ1) is 26.8. The summed E-state index contributed by atoms with van der Waals surface area (Å²) >= 11 is 1.29. The molecule has 204 valence electrons. The van der Waals surface area contributed by atoms with Crippen LogP contribution in [0.4, 0.5) is 0 Å². The summed E-state index contributed by atoms with van der Waals surface area (Å²) in [5.41, 5.74) is 4.05. The number of nitrogens with zero attached hydrogens (tertiary/aromatic N) is 2. The van der Waals surface area contributed by atoms with E-state index >= 15 is 0 Å². The third-order valence-corrected chi connectivity index (χ3v) is 7.40. The number of ether oxygens (including phenoxy) is 2. The molecule has 42 heavy (non-hydrogen) atoms. The number of para-hydroxylation sites is 1. The van der Waals surface area contributed by atoms with Gasteiger partial charge in [-0.2, -0.15) is 5.26 Å². The highest BCUT2D eigenvalue weighted by atomic mass is 32.1. The van der Waals surface area contributed by atoms with E-state index in [2.05, 4.69) is 11.1 Å². The van der Waals surface area contributed by atoms with E-state index in [0.29, 0.717) is 52.1 Å². The van der Waals surface area contributed by atoms with Crippen LogP contribution in [0.15, 0.2) is 124 Å². The van der Waals surface area contributed by atoms with Gasteiger partial charge in [0.25, 0.3) is 0 Å². The first-order valence-electron chi connectivity index (χ1n) is 13.2. The number of thiazole rings is 1. The van der Waals surface area contributed by atoms with Crippen molar-refractivity contribution < 1.29 is 13.9 Å². The summed E-state index contributed by atoms with van der Waals surface area (Å²) in [5, 5.41) is 13.1. The third kappa shape index (κ3) is 6.15. The Morgan fingerprint density at radius 1 is 0.833 bits per heavy atom. The summed E-state index contributed by atoms with van der Waals surface area (Å²) in [6, 6.07) is 36.7. The molecule has 0 radical (unpaired) electrons. The number of fused-ring (bicyclic) bond motifs is 1. The highest BCUT2D eigenvalue weighted by Gasteiger charge is 2.15. The summed E-state index contributed by atoms with van der Waals surface area (Å²) in [7, 11) is 0. The van der Waals surface area contributed by atoms with E-state index in [0.717, 1.165) is 22.1 Å². The molecule has 6 rings (SSSR count). The molecule has 0 fully saturated rings. The molecule has 7 heteroatoms. The molecule has 0 bridgehead atoms. The highest BCUT2D eigenvalue weighted by Crippen LogP contribution is 2.33. The van der Waals surface area contributed by atoms with Crippen molar-refractivity contribution in [1.29, 1.82) is 5.26 Å². The lowest BCUT2D eigenvalue weighted by molar-refractivity contribution is 0.256. The quantitative estimate of drug-likeness (QED) is 0.129. The second kappa shape index (κ2) is 12.4. The van der Waals surface area contributed by atoms with Gasteiger partial charge in [0.15, 0.2) is 11.5 Å². The van der Waals surface area contributed by atoms with E-state index in [1.54, 1.807) is 23.6 Å². The average Bonchev–Trinajstić information content (AvgIpc) is 3.52. The van der Waals surface area contributed by atoms with Crippen molar-refractivity contribution in [1.82, 2.24) is 4.98 Å². The van der Waals surface area contributed by atoms with Gasteiger partial charge < -0.3 is 13.9 Å². The Bertz CT molecular complexity index is 1970. The first-order chi connectivity index (χ1) is 20.7. The Morgan fingerprint density at radius 2 is 1.50 bits per heavy atom. The minimum Gasteiger partial charge on any atom is -0.485 e. The number of rotatable bonds is 9. The number of nitriles is 1. The van der Waals surface area contributed by atoms with Gasteiger partial charge in [-0.05, 0) is 47.0 Å². The zero-order chi connectivity index (χ0) is 28.7. The van der Waals surface area contributed by atoms with E-state index in [1.165, 1.54) is 11.3 Å². The van der Waals surface area contributed by atoms with Crippen LogP contribution in [-0.2, 0) is 13.2 Å². The molecule has 0 amide bonds. The summed E-state index contributed by atoms with van der Waals surface area (Å²) in [6.45, 7) is 0.761. The lowest BCUT2D eigenvalue weighted by atomic mass is 10.1. The Morgan fingerprint density at radius 3 is 2.21 bits per heavy atom. The molecule has 0 aliphatic carbocycles. The van der Waals surface area contributed by atoms with Crippen LogP contribution < -0.4 is 15.1 Å². The van der Waals surface area contributed by atoms with Gasteiger partial charge in [-0.25, -0.2) is 9.78 Å². The van der Waals surface area contributed by atoms with Crippen molar-refractivity contribution in [3.05, 3.63) is 147 Å². The van der Waals surface area contributed by atoms with Crippen LogP contribution in [0.25, 0.3) is 33.9 Å². The van der Waals surface area contributed by atoms with Crippen molar-refractivity contribution in [2.45, 2.75) is 13.2 Å². The van der Waals surface area contributed by atoms with E-state index in [4.69, 9.17) is 13.9 Å². The molecule has 0 aliphatic heterocycles. The van der Waals surface area contributed by atoms with Crippen LogP contribution in [0, 0.1) is 11.3 Å². The van der Waals surface area contributed by atoms with Crippen LogP contribution >= 0.6 is 11.3 Å². The summed E-state index contributed by atoms with van der Waals surface area (Å²) < 4.78 is 17.8. The van der Waals surface area contributed by atoms with Crippen molar-refractivity contribution >= 4 is 34.0 Å². The zero-order valence-corrected chi connectivity index (χ0v) is 23.2. The van der Waals surface area contributed by atoms with Crippen molar-refractivity contribution in [3.8, 4) is 28.8 Å². The molecule has 2 aromatic heterocycles. The van der Waals surface area contributed by atoms with E-state index in [-0.39, 0.29) is 0 Å². The largest absolute Gasteiger partial charge is 0.485 e. The maximum Gasteiger partial charge on any atom is 0.345 e. The molecule has 0 N–H and O–H groups in total. The van der Waals surface area contributed by atoms with Crippen molar-refractivity contribution in [2.75, 3.05) is 0 Å². The number of allylic oxidation sites excluding steroid dienone is 1. The minimum atomic E-state index is -0.473. The van der Waals surface area contributed by atoms with Crippen LogP contribution in [0.5, 0.6) is 11.5 Å². The van der Waals surface area contributed by atoms with Crippen LogP contribution in [0.1, 0.15) is 21.7 Å². The predicted molar refractivity (Wildman–Crippen MR) is 165 cm³/mol. The predicted octanol–water partition coefficient (Wildman–Crippen LogP) is 8.14. The van der Waals surface area contributed by atoms with Crippen LogP contribution in [0.2, 0.25) is 0 Å². The topological polar surface area (TPSA) is 85.3 Å². The summed E-state index contributed by atoms with van der Waals surface area (Å²) in [5.74, 6) is 1.17. The van der Waals surface area contributed by atoms with Gasteiger partial charge in [0.2, 0.25) is 0 Å². The lowest BCUT2D eigenvalue weighted by Gasteiger charge is -2.14. The zero-order valence-electron chi connectivity index (χ0n) is 22.4. The normalized spacial score (nSPS) is 11.3. The maximum atomic E-state index is 12.6. The minimum absolute atomic E-state index is 0.352. The van der Waals surface area contributed by atoms with E-state index < -0.39 is 5.63 Å².